The molecule has 2 atom stereocenters. The van der Waals surface area contributed by atoms with Crippen molar-refractivity contribution >= 4 is 7.82 Å². The molecule has 216 valence electrons. The molecule has 0 aliphatic carbocycles. The van der Waals surface area contributed by atoms with E-state index in [2.05, 4.69) is 13.8 Å². The molecular weight excluding hydrogens is 613 g/mol. The predicted molar refractivity (Wildman–Crippen MR) is 74.3 cm³/mol. The molecule has 0 aromatic heterocycles. The Hall–Kier alpha value is -0.120. The second-order valence-electron chi connectivity index (χ2n) is 7.00. The van der Waals surface area contributed by atoms with Crippen molar-refractivity contribution in [3.05, 3.63) is 0 Å². The van der Waals surface area contributed by atoms with Crippen molar-refractivity contribution in [3.63, 3.8) is 0 Å². The normalized spacial score (nSPS) is 20.3. The molecule has 1 saturated heterocycles. The van der Waals surface area contributed by atoms with Crippen LogP contribution in [0.5, 0.6) is 0 Å². The molecule has 0 saturated carbocycles. The predicted octanol–water partition coefficient (Wildman–Crippen LogP) is 2.64. The second-order valence-corrected chi connectivity index (χ2v) is 8.33. The summed E-state index contributed by atoms with van der Waals surface area (Å²) in [5.41, 5.74) is 0. The number of hydrogen-bond acceptors (Lipinski definition) is 5. The van der Waals surface area contributed by atoms with E-state index >= 15 is 0 Å². The standard InChI is InChI=1S/C13H10F17O5P.Na/c14-6(15,1-2-7(16,17)18)8(19,20)9(21,22)10(23,24)11(25,26)12(27,28)13(29,30)35-36(31,32)34-4-5-3-33-5;/h5H,1-4H2,(H,31,32);/q;+1/p-1. The number of hydrogen-bond donors (Lipinski definition) is 0. The zero-order valence-electron chi connectivity index (χ0n) is 17.3. The van der Waals surface area contributed by atoms with Crippen molar-refractivity contribution in [3.8, 4) is 0 Å². The molecule has 0 bridgehead atoms. The number of phosphoric acid groups is 1. The van der Waals surface area contributed by atoms with E-state index in [1.54, 1.807) is 0 Å². The summed E-state index contributed by atoms with van der Waals surface area (Å²) < 4.78 is 246. The largest absolute Gasteiger partial charge is 1.00 e. The van der Waals surface area contributed by atoms with Gasteiger partial charge in [0, 0.05) is 12.8 Å². The Morgan fingerprint density at radius 3 is 1.46 bits per heavy atom. The van der Waals surface area contributed by atoms with E-state index in [0.29, 0.717) is 0 Å². The van der Waals surface area contributed by atoms with E-state index in [4.69, 9.17) is 0 Å². The SMILES string of the molecule is O=P([O-])(OCC1CO1)OC(F)(F)C(F)(F)C(F)(F)C(F)(F)C(F)(F)C(F)(F)C(F)(F)CCC(F)(F)F.[Na+]. The molecule has 37 heavy (non-hydrogen) atoms. The molecule has 1 rings (SSSR count). The Labute approximate surface area is 215 Å². The maximum absolute atomic E-state index is 13.6. The molecule has 2 unspecified atom stereocenters. The van der Waals surface area contributed by atoms with Gasteiger partial charge in [-0.2, -0.15) is 74.6 Å². The monoisotopic (exact) mass is 622 g/mol. The van der Waals surface area contributed by atoms with Crippen molar-refractivity contribution in [2.24, 2.45) is 0 Å². The Balaban J connectivity index is 0.0000130. The Kier molecular flexibility index (Phi) is 10.7. The zero-order valence-corrected chi connectivity index (χ0v) is 20.2. The zero-order chi connectivity index (χ0) is 29.0. The van der Waals surface area contributed by atoms with Crippen LogP contribution in [0, 0.1) is 0 Å². The molecule has 5 nitrogen and oxygen atoms in total. The maximum Gasteiger partial charge on any atom is 1.00 e. The number of halogens is 17. The minimum Gasteiger partial charge on any atom is -0.756 e. The van der Waals surface area contributed by atoms with Gasteiger partial charge >= 0.3 is 77.4 Å². The topological polar surface area (TPSA) is 71.1 Å². The van der Waals surface area contributed by atoms with Gasteiger partial charge in [-0.1, -0.05) is 0 Å². The molecule has 1 aliphatic heterocycles. The van der Waals surface area contributed by atoms with Gasteiger partial charge in [-0.3, -0.25) is 4.57 Å². The minimum atomic E-state index is -8.61. The van der Waals surface area contributed by atoms with Crippen LogP contribution < -0.4 is 34.5 Å². The van der Waals surface area contributed by atoms with Gasteiger partial charge in [-0.15, -0.1) is 0 Å². The molecule has 1 aliphatic rings. The van der Waals surface area contributed by atoms with Crippen LogP contribution in [0.25, 0.3) is 0 Å². The van der Waals surface area contributed by atoms with E-state index in [-0.39, 0.29) is 36.2 Å². The molecule has 0 N–H and O–H groups in total. The first-order valence-electron chi connectivity index (χ1n) is 8.48. The fraction of sp³-hybridized carbons (Fsp3) is 1.00. The van der Waals surface area contributed by atoms with E-state index in [0.717, 1.165) is 0 Å². The fourth-order valence-electron chi connectivity index (χ4n) is 2.02. The quantitative estimate of drug-likeness (QED) is 0.137. The van der Waals surface area contributed by atoms with E-state index < -0.39 is 81.2 Å². The number of phosphoric ester groups is 1. The maximum atomic E-state index is 13.6. The summed E-state index contributed by atoms with van der Waals surface area (Å²) in [5, 5.41) is 0. The Morgan fingerprint density at radius 1 is 0.703 bits per heavy atom. The smallest absolute Gasteiger partial charge is 0.756 e. The summed E-state index contributed by atoms with van der Waals surface area (Å²) in [5.74, 6) is -48.7. The van der Waals surface area contributed by atoms with Crippen LogP contribution >= 0.6 is 7.82 Å². The first-order chi connectivity index (χ1) is 15.5. The van der Waals surface area contributed by atoms with Crippen molar-refractivity contribution in [2.45, 2.75) is 66.8 Å². The van der Waals surface area contributed by atoms with Gasteiger partial charge in [0.1, 0.15) is 6.10 Å². The number of alkyl halides is 17. The molecule has 0 amide bonds. The van der Waals surface area contributed by atoms with Crippen molar-refractivity contribution in [1.29, 1.82) is 0 Å². The fourth-order valence-corrected chi connectivity index (χ4v) is 2.82. The average molecular weight is 622 g/mol. The van der Waals surface area contributed by atoms with Crippen molar-refractivity contribution in [1.82, 2.24) is 0 Å². The van der Waals surface area contributed by atoms with Gasteiger partial charge in [-0.25, -0.2) is 4.52 Å². The van der Waals surface area contributed by atoms with Gasteiger partial charge < -0.3 is 14.2 Å². The molecule has 1 heterocycles. The summed E-state index contributed by atoms with van der Waals surface area (Å²) in [4.78, 5) is 11.1. The third-order valence-corrected chi connectivity index (χ3v) is 5.09. The van der Waals surface area contributed by atoms with Gasteiger partial charge in [0.15, 0.2) is 0 Å². The molecule has 0 radical (unpaired) electrons. The average Bonchev–Trinajstić information content (AvgIpc) is 3.47. The summed E-state index contributed by atoms with van der Waals surface area (Å²) in [6.07, 6.45) is -21.0. The minimum absolute atomic E-state index is 0. The third kappa shape index (κ3) is 7.15. The molecule has 0 aromatic rings. The summed E-state index contributed by atoms with van der Waals surface area (Å²) >= 11 is 0. The van der Waals surface area contributed by atoms with Gasteiger partial charge in [-0.05, 0) is 0 Å². The van der Waals surface area contributed by atoms with Crippen molar-refractivity contribution < 1.29 is 127 Å². The molecule has 24 heteroatoms. The van der Waals surface area contributed by atoms with Crippen molar-refractivity contribution in [2.75, 3.05) is 13.2 Å². The van der Waals surface area contributed by atoms with E-state index in [1.165, 1.54) is 0 Å². The van der Waals surface area contributed by atoms with Gasteiger partial charge in [0.05, 0.1) is 13.2 Å². The first kappa shape index (κ1) is 36.9. The van der Waals surface area contributed by atoms with E-state index in [9.17, 15) is 84.1 Å². The Morgan fingerprint density at radius 2 is 1.08 bits per heavy atom. The number of epoxide rings is 1. The summed E-state index contributed by atoms with van der Waals surface area (Å²) in [6, 6.07) is 0. The third-order valence-electron chi connectivity index (χ3n) is 4.17. The number of rotatable bonds is 13. The summed E-state index contributed by atoms with van der Waals surface area (Å²) in [7, 11) is -6.87. The van der Waals surface area contributed by atoms with Crippen LogP contribution in [0.15, 0.2) is 0 Å². The Bertz CT molecular complexity index is 844. The van der Waals surface area contributed by atoms with Crippen LogP contribution in [0.2, 0.25) is 0 Å². The van der Waals surface area contributed by atoms with Crippen LogP contribution in [-0.2, 0) is 18.3 Å². The van der Waals surface area contributed by atoms with Crippen LogP contribution in [0.1, 0.15) is 12.8 Å². The van der Waals surface area contributed by atoms with E-state index in [1.807, 2.05) is 0 Å². The molecular formula is C13H9F17NaO5P. The summed E-state index contributed by atoms with van der Waals surface area (Å²) in [6.45, 7) is -1.58. The molecule has 0 aromatic carbocycles. The van der Waals surface area contributed by atoms with Gasteiger partial charge in [0.2, 0.25) is 0 Å². The first-order valence-corrected chi connectivity index (χ1v) is 9.94. The van der Waals surface area contributed by atoms with Crippen LogP contribution in [0.3, 0.4) is 0 Å². The van der Waals surface area contributed by atoms with Crippen LogP contribution in [0.4, 0.5) is 74.6 Å². The molecule has 1 fully saturated rings. The number of ether oxygens (including phenoxy) is 1. The second kappa shape index (κ2) is 10.7. The van der Waals surface area contributed by atoms with Crippen LogP contribution in [-0.4, -0.2) is 67.1 Å². The molecule has 0 spiro atoms. The van der Waals surface area contributed by atoms with Gasteiger partial charge in [0.25, 0.3) is 7.82 Å².